The molecule has 2 aromatic rings. The van der Waals surface area contributed by atoms with E-state index in [1.54, 1.807) is 31.4 Å². The van der Waals surface area contributed by atoms with Crippen molar-refractivity contribution in [2.24, 2.45) is 5.92 Å². The number of rotatable bonds is 6. The third kappa shape index (κ3) is 4.85. The maximum Gasteiger partial charge on any atom is 0.255 e. The van der Waals surface area contributed by atoms with Gasteiger partial charge in [0.25, 0.3) is 5.91 Å². The van der Waals surface area contributed by atoms with E-state index in [1.165, 1.54) is 31.2 Å². The van der Waals surface area contributed by atoms with E-state index in [4.69, 9.17) is 4.74 Å². The van der Waals surface area contributed by atoms with E-state index >= 15 is 0 Å². The lowest BCUT2D eigenvalue weighted by molar-refractivity contribution is 0.102. The molecule has 2 N–H and O–H groups in total. The van der Waals surface area contributed by atoms with Crippen molar-refractivity contribution in [1.29, 1.82) is 0 Å². The summed E-state index contributed by atoms with van der Waals surface area (Å²) in [5, 5.41) is 6.66. The quantitative estimate of drug-likeness (QED) is 0.798. The van der Waals surface area contributed by atoms with Crippen molar-refractivity contribution in [2.75, 3.05) is 12.4 Å². The molecule has 1 saturated carbocycles. The van der Waals surface area contributed by atoms with Gasteiger partial charge in [-0.3, -0.25) is 4.79 Å². The van der Waals surface area contributed by atoms with Crippen molar-refractivity contribution in [3.8, 4) is 5.75 Å². The number of carbonyl (C=O) groups excluding carboxylic acids is 1. The second-order valence-corrected chi connectivity index (χ2v) is 7.13. The van der Waals surface area contributed by atoms with Gasteiger partial charge in [-0.05, 0) is 60.7 Å². The molecule has 0 unspecified atom stereocenters. The van der Waals surface area contributed by atoms with Crippen molar-refractivity contribution in [2.45, 2.75) is 45.2 Å². The summed E-state index contributed by atoms with van der Waals surface area (Å²) < 4.78 is 5.13. The van der Waals surface area contributed by atoms with Crippen LogP contribution in [-0.2, 0) is 6.54 Å². The summed E-state index contributed by atoms with van der Waals surface area (Å²) in [5.41, 5.74) is 2.63. The average molecular weight is 352 g/mol. The highest BCUT2D eigenvalue weighted by Crippen LogP contribution is 2.24. The lowest BCUT2D eigenvalue weighted by atomic mass is 9.86. The van der Waals surface area contributed by atoms with Gasteiger partial charge in [0, 0.05) is 23.8 Å². The molecule has 2 atom stereocenters. The fraction of sp³-hybridized carbons (Fsp3) is 0.409. The second kappa shape index (κ2) is 8.86. The Morgan fingerprint density at radius 3 is 2.62 bits per heavy atom. The van der Waals surface area contributed by atoms with E-state index in [9.17, 15) is 4.79 Å². The molecule has 0 radical (unpaired) electrons. The monoisotopic (exact) mass is 352 g/mol. The smallest absolute Gasteiger partial charge is 0.255 e. The van der Waals surface area contributed by atoms with Gasteiger partial charge in [-0.25, -0.2) is 0 Å². The van der Waals surface area contributed by atoms with E-state index in [-0.39, 0.29) is 5.91 Å². The van der Waals surface area contributed by atoms with Crippen LogP contribution in [0.5, 0.6) is 5.75 Å². The zero-order valence-corrected chi connectivity index (χ0v) is 15.6. The maximum absolute atomic E-state index is 12.4. The molecule has 0 heterocycles. The number of benzene rings is 2. The molecule has 1 amide bonds. The molecule has 138 valence electrons. The summed E-state index contributed by atoms with van der Waals surface area (Å²) in [4.78, 5) is 12.4. The molecule has 0 aromatic heterocycles. The van der Waals surface area contributed by atoms with Crippen LogP contribution in [0.2, 0.25) is 0 Å². The molecule has 0 aliphatic heterocycles. The minimum Gasteiger partial charge on any atom is -0.497 e. The Bertz CT molecular complexity index is 727. The first-order valence-corrected chi connectivity index (χ1v) is 9.43. The number of amides is 1. The van der Waals surface area contributed by atoms with Gasteiger partial charge in [0.1, 0.15) is 5.75 Å². The third-order valence-corrected chi connectivity index (χ3v) is 5.22. The highest BCUT2D eigenvalue weighted by Gasteiger charge is 2.20. The third-order valence-electron chi connectivity index (χ3n) is 5.22. The minimum atomic E-state index is -0.112. The van der Waals surface area contributed by atoms with Gasteiger partial charge < -0.3 is 15.4 Å². The summed E-state index contributed by atoms with van der Waals surface area (Å²) in [6.07, 6.45) is 5.25. The van der Waals surface area contributed by atoms with Crippen LogP contribution in [0.25, 0.3) is 0 Å². The Morgan fingerprint density at radius 1 is 1.12 bits per heavy atom. The van der Waals surface area contributed by atoms with Crippen LogP contribution >= 0.6 is 0 Å². The Morgan fingerprint density at radius 2 is 1.88 bits per heavy atom. The van der Waals surface area contributed by atoms with Crippen LogP contribution < -0.4 is 15.4 Å². The first kappa shape index (κ1) is 18.5. The Hall–Kier alpha value is -2.33. The predicted molar refractivity (Wildman–Crippen MR) is 106 cm³/mol. The molecule has 2 aromatic carbocycles. The Balaban J connectivity index is 1.58. The zero-order chi connectivity index (χ0) is 18.4. The van der Waals surface area contributed by atoms with E-state index in [0.717, 1.165) is 23.9 Å². The molecule has 1 aliphatic rings. The fourth-order valence-electron chi connectivity index (χ4n) is 3.57. The lowest BCUT2D eigenvalue weighted by Crippen LogP contribution is -2.36. The topological polar surface area (TPSA) is 50.4 Å². The number of hydrogen-bond donors (Lipinski definition) is 2. The molecule has 26 heavy (non-hydrogen) atoms. The summed E-state index contributed by atoms with van der Waals surface area (Å²) in [7, 11) is 1.61. The SMILES string of the molecule is COc1ccc(C(=O)Nc2cccc(CN[C@H]3CCCC[C@H]3C)c2)cc1. The molecule has 0 spiro atoms. The molecule has 3 rings (SSSR count). The van der Waals surface area contributed by atoms with Crippen LogP contribution in [0, 0.1) is 5.92 Å². The number of nitrogens with one attached hydrogen (secondary N) is 2. The van der Waals surface area contributed by atoms with Gasteiger partial charge >= 0.3 is 0 Å². The molecule has 4 heteroatoms. The van der Waals surface area contributed by atoms with Crippen LogP contribution in [-0.4, -0.2) is 19.1 Å². The molecule has 4 nitrogen and oxygen atoms in total. The zero-order valence-electron chi connectivity index (χ0n) is 15.6. The minimum absolute atomic E-state index is 0.112. The highest BCUT2D eigenvalue weighted by molar-refractivity contribution is 6.04. The lowest BCUT2D eigenvalue weighted by Gasteiger charge is -2.29. The van der Waals surface area contributed by atoms with E-state index in [2.05, 4.69) is 23.6 Å². The largest absolute Gasteiger partial charge is 0.497 e. The van der Waals surface area contributed by atoms with Crippen LogP contribution in [0.1, 0.15) is 48.5 Å². The first-order valence-electron chi connectivity index (χ1n) is 9.43. The van der Waals surface area contributed by atoms with Crippen LogP contribution in [0.4, 0.5) is 5.69 Å². The maximum atomic E-state index is 12.4. The Labute approximate surface area is 156 Å². The van der Waals surface area contributed by atoms with Crippen LogP contribution in [0.15, 0.2) is 48.5 Å². The fourth-order valence-corrected chi connectivity index (χ4v) is 3.57. The average Bonchev–Trinajstić information content (AvgIpc) is 2.68. The summed E-state index contributed by atoms with van der Waals surface area (Å²) in [5.74, 6) is 1.37. The molecule has 0 saturated heterocycles. The summed E-state index contributed by atoms with van der Waals surface area (Å²) >= 11 is 0. The number of ether oxygens (including phenoxy) is 1. The number of hydrogen-bond acceptors (Lipinski definition) is 3. The number of carbonyl (C=O) groups is 1. The van der Waals surface area contributed by atoms with Gasteiger partial charge in [0.2, 0.25) is 0 Å². The van der Waals surface area contributed by atoms with Gasteiger partial charge in [0.05, 0.1) is 7.11 Å². The van der Waals surface area contributed by atoms with Gasteiger partial charge in [0.15, 0.2) is 0 Å². The molecule has 1 fully saturated rings. The predicted octanol–water partition coefficient (Wildman–Crippen LogP) is 4.62. The molecular formula is C22H28N2O2. The number of anilines is 1. The van der Waals surface area contributed by atoms with Crippen molar-refractivity contribution < 1.29 is 9.53 Å². The van der Waals surface area contributed by atoms with E-state index in [0.29, 0.717) is 11.6 Å². The van der Waals surface area contributed by atoms with Crippen molar-refractivity contribution in [3.63, 3.8) is 0 Å². The summed E-state index contributed by atoms with van der Waals surface area (Å²) in [6, 6.07) is 15.8. The molecule has 0 bridgehead atoms. The number of methoxy groups -OCH3 is 1. The van der Waals surface area contributed by atoms with Crippen molar-refractivity contribution in [1.82, 2.24) is 5.32 Å². The Kier molecular flexibility index (Phi) is 6.29. The second-order valence-electron chi connectivity index (χ2n) is 7.13. The van der Waals surface area contributed by atoms with E-state index in [1.807, 2.05) is 18.2 Å². The first-order chi connectivity index (χ1) is 12.7. The van der Waals surface area contributed by atoms with Crippen molar-refractivity contribution in [3.05, 3.63) is 59.7 Å². The molecular weight excluding hydrogens is 324 g/mol. The molecule has 1 aliphatic carbocycles. The van der Waals surface area contributed by atoms with Gasteiger partial charge in [-0.1, -0.05) is 31.9 Å². The van der Waals surface area contributed by atoms with Gasteiger partial charge in [-0.15, -0.1) is 0 Å². The van der Waals surface area contributed by atoms with Crippen molar-refractivity contribution >= 4 is 11.6 Å². The van der Waals surface area contributed by atoms with E-state index < -0.39 is 0 Å². The standard InChI is InChI=1S/C22H28N2O2/c1-16-6-3-4-9-21(16)23-15-17-7-5-8-19(14-17)24-22(25)18-10-12-20(26-2)13-11-18/h5,7-8,10-14,16,21,23H,3-4,6,9,15H2,1-2H3,(H,24,25)/t16-,21+/m1/s1. The summed E-state index contributed by atoms with van der Waals surface area (Å²) in [6.45, 7) is 3.17. The van der Waals surface area contributed by atoms with Gasteiger partial charge in [-0.2, -0.15) is 0 Å². The highest BCUT2D eigenvalue weighted by atomic mass is 16.5. The normalized spacial score (nSPS) is 19.8. The van der Waals surface area contributed by atoms with Crippen LogP contribution in [0.3, 0.4) is 0 Å².